The molecule has 2 aromatic carbocycles. The first-order valence-electron chi connectivity index (χ1n) is 9.40. The molecule has 132 valence electrons. The van der Waals surface area contributed by atoms with E-state index in [9.17, 15) is 5.26 Å². The zero-order valence-electron chi connectivity index (χ0n) is 15.2. The lowest BCUT2D eigenvalue weighted by atomic mass is 10.1. The van der Waals surface area contributed by atoms with Gasteiger partial charge in [0, 0.05) is 39.4 Å². The van der Waals surface area contributed by atoms with Crippen molar-refractivity contribution >= 4 is 44.4 Å². The lowest BCUT2D eigenvalue weighted by Crippen LogP contribution is -1.92. The van der Waals surface area contributed by atoms with Crippen LogP contribution < -0.4 is 0 Å². The van der Waals surface area contributed by atoms with E-state index in [-0.39, 0.29) is 0 Å². The molecule has 0 aliphatic heterocycles. The standard InChI is InChI=1S/C23H19N3S/c1-2-26-20-8-4-3-6-16(20)18-12-15(10-11-21(18)26)14-25-23-19(13-24)17-7-5-9-22(17)27-23/h3-4,6,8,10-12,14H,2,5,7,9H2,1H3. The van der Waals surface area contributed by atoms with E-state index in [1.54, 1.807) is 11.3 Å². The summed E-state index contributed by atoms with van der Waals surface area (Å²) in [4.78, 5) is 6.04. The first-order chi connectivity index (χ1) is 13.3. The Hall–Kier alpha value is -2.90. The van der Waals surface area contributed by atoms with Crippen molar-refractivity contribution in [3.63, 3.8) is 0 Å². The van der Waals surface area contributed by atoms with Gasteiger partial charge in [-0.3, -0.25) is 0 Å². The van der Waals surface area contributed by atoms with Crippen molar-refractivity contribution in [1.29, 1.82) is 5.26 Å². The minimum absolute atomic E-state index is 0.785. The lowest BCUT2D eigenvalue weighted by Gasteiger charge is -2.02. The summed E-state index contributed by atoms with van der Waals surface area (Å²) >= 11 is 1.68. The van der Waals surface area contributed by atoms with E-state index in [2.05, 4.69) is 65.0 Å². The van der Waals surface area contributed by atoms with Crippen LogP contribution >= 0.6 is 11.3 Å². The van der Waals surface area contributed by atoms with Crippen molar-refractivity contribution in [3.8, 4) is 6.07 Å². The highest BCUT2D eigenvalue weighted by Gasteiger charge is 2.21. The quantitative estimate of drug-likeness (QED) is 0.409. The summed E-state index contributed by atoms with van der Waals surface area (Å²) in [5.74, 6) is 0. The summed E-state index contributed by atoms with van der Waals surface area (Å²) in [6, 6.07) is 17.4. The summed E-state index contributed by atoms with van der Waals surface area (Å²) in [5.41, 5.74) is 5.61. The molecule has 2 heterocycles. The van der Waals surface area contributed by atoms with Crippen molar-refractivity contribution < 1.29 is 0 Å². The van der Waals surface area contributed by atoms with Gasteiger partial charge < -0.3 is 4.57 Å². The number of nitrogens with zero attached hydrogens (tertiary/aromatic N) is 3. The van der Waals surface area contributed by atoms with Crippen LogP contribution in [0.2, 0.25) is 0 Å². The zero-order valence-corrected chi connectivity index (χ0v) is 16.0. The van der Waals surface area contributed by atoms with Gasteiger partial charge in [0.25, 0.3) is 0 Å². The van der Waals surface area contributed by atoms with Crippen LogP contribution in [0.1, 0.15) is 34.9 Å². The number of fused-ring (bicyclic) bond motifs is 4. The molecule has 0 amide bonds. The van der Waals surface area contributed by atoms with E-state index in [0.717, 1.165) is 41.9 Å². The third-order valence-corrected chi connectivity index (χ3v) is 6.66. The molecule has 0 spiro atoms. The highest BCUT2D eigenvalue weighted by Crippen LogP contribution is 2.40. The van der Waals surface area contributed by atoms with Crippen LogP contribution in [0.5, 0.6) is 0 Å². The molecule has 1 aliphatic carbocycles. The largest absolute Gasteiger partial charge is 0.341 e. The molecule has 0 saturated carbocycles. The molecular weight excluding hydrogens is 350 g/mol. The number of thiophene rings is 1. The molecule has 0 fully saturated rings. The van der Waals surface area contributed by atoms with E-state index in [1.165, 1.54) is 32.2 Å². The van der Waals surface area contributed by atoms with Crippen LogP contribution in [-0.2, 0) is 19.4 Å². The van der Waals surface area contributed by atoms with E-state index in [0.29, 0.717) is 0 Å². The molecule has 0 radical (unpaired) electrons. The number of nitriles is 1. The van der Waals surface area contributed by atoms with E-state index >= 15 is 0 Å². The van der Waals surface area contributed by atoms with E-state index in [4.69, 9.17) is 0 Å². The predicted octanol–water partition coefficient (Wildman–Crippen LogP) is 5.99. The lowest BCUT2D eigenvalue weighted by molar-refractivity contribution is 0.827. The van der Waals surface area contributed by atoms with Crippen LogP contribution in [0.25, 0.3) is 21.8 Å². The second kappa shape index (κ2) is 6.37. The van der Waals surface area contributed by atoms with Gasteiger partial charge in [-0.2, -0.15) is 5.26 Å². The Labute approximate surface area is 162 Å². The number of benzene rings is 2. The molecule has 2 aromatic heterocycles. The fourth-order valence-electron chi connectivity index (χ4n) is 4.22. The third kappa shape index (κ3) is 2.50. The number of hydrogen-bond donors (Lipinski definition) is 0. The summed E-state index contributed by atoms with van der Waals surface area (Å²) in [6.45, 7) is 3.13. The summed E-state index contributed by atoms with van der Waals surface area (Å²) in [6.07, 6.45) is 5.18. The van der Waals surface area contributed by atoms with Crippen LogP contribution in [0.3, 0.4) is 0 Å². The Balaban J connectivity index is 1.60. The molecule has 4 heteroatoms. The van der Waals surface area contributed by atoms with Gasteiger partial charge in [-0.05, 0) is 55.5 Å². The zero-order chi connectivity index (χ0) is 18.4. The maximum absolute atomic E-state index is 9.54. The maximum atomic E-state index is 9.54. The number of hydrogen-bond acceptors (Lipinski definition) is 3. The van der Waals surface area contributed by atoms with Gasteiger partial charge in [0.05, 0.1) is 5.56 Å². The predicted molar refractivity (Wildman–Crippen MR) is 113 cm³/mol. The molecule has 3 nitrogen and oxygen atoms in total. The first-order valence-corrected chi connectivity index (χ1v) is 10.2. The fraction of sp³-hybridized carbons (Fsp3) is 0.217. The van der Waals surface area contributed by atoms with Gasteiger partial charge in [-0.15, -0.1) is 11.3 Å². The van der Waals surface area contributed by atoms with Crippen molar-refractivity contribution in [2.45, 2.75) is 32.7 Å². The molecule has 1 aliphatic rings. The molecule has 0 unspecified atom stereocenters. The SMILES string of the molecule is CCn1c2ccccc2c2cc(C=Nc3sc4c(c3C#N)CCC4)ccc21. The van der Waals surface area contributed by atoms with Gasteiger partial charge >= 0.3 is 0 Å². The average Bonchev–Trinajstić information content (AvgIpc) is 3.36. The smallest absolute Gasteiger partial charge is 0.134 e. The number of aryl methyl sites for hydroxylation is 2. The van der Waals surface area contributed by atoms with Gasteiger partial charge in [0.1, 0.15) is 11.1 Å². The van der Waals surface area contributed by atoms with Crippen molar-refractivity contribution in [2.24, 2.45) is 4.99 Å². The normalized spacial score (nSPS) is 13.6. The van der Waals surface area contributed by atoms with Gasteiger partial charge in [-0.25, -0.2) is 4.99 Å². The maximum Gasteiger partial charge on any atom is 0.134 e. The van der Waals surface area contributed by atoms with Crippen LogP contribution in [0, 0.1) is 11.3 Å². The van der Waals surface area contributed by atoms with Crippen molar-refractivity contribution in [1.82, 2.24) is 4.57 Å². The Morgan fingerprint density at radius 3 is 2.85 bits per heavy atom. The Bertz CT molecular complexity index is 1250. The van der Waals surface area contributed by atoms with E-state index in [1.807, 2.05) is 6.21 Å². The summed E-state index contributed by atoms with van der Waals surface area (Å²) in [5, 5.41) is 12.9. The highest BCUT2D eigenvalue weighted by atomic mass is 32.1. The minimum atomic E-state index is 0.785. The number of para-hydroxylation sites is 1. The second-order valence-electron chi connectivity index (χ2n) is 6.95. The molecule has 0 saturated heterocycles. The molecule has 0 atom stereocenters. The van der Waals surface area contributed by atoms with Gasteiger partial charge in [0.15, 0.2) is 0 Å². The summed E-state index contributed by atoms with van der Waals surface area (Å²) in [7, 11) is 0. The number of aliphatic imine (C=N–C) groups is 1. The van der Waals surface area contributed by atoms with Gasteiger partial charge in [-0.1, -0.05) is 24.3 Å². The van der Waals surface area contributed by atoms with Crippen molar-refractivity contribution in [2.75, 3.05) is 0 Å². The molecule has 4 aromatic rings. The average molecular weight is 369 g/mol. The minimum Gasteiger partial charge on any atom is -0.341 e. The van der Waals surface area contributed by atoms with Crippen molar-refractivity contribution in [3.05, 3.63) is 64.0 Å². The number of rotatable bonds is 3. The molecular formula is C23H19N3S. The van der Waals surface area contributed by atoms with E-state index < -0.39 is 0 Å². The Kier molecular flexibility index (Phi) is 3.84. The van der Waals surface area contributed by atoms with Crippen LogP contribution in [0.15, 0.2) is 47.5 Å². The summed E-state index contributed by atoms with van der Waals surface area (Å²) < 4.78 is 2.35. The topological polar surface area (TPSA) is 41.1 Å². The van der Waals surface area contributed by atoms with Crippen LogP contribution in [-0.4, -0.2) is 10.8 Å². The highest BCUT2D eigenvalue weighted by molar-refractivity contribution is 7.16. The molecule has 0 bridgehead atoms. The molecule has 27 heavy (non-hydrogen) atoms. The monoisotopic (exact) mass is 369 g/mol. The second-order valence-corrected chi connectivity index (χ2v) is 8.03. The Morgan fingerprint density at radius 2 is 2.00 bits per heavy atom. The van der Waals surface area contributed by atoms with Crippen LogP contribution in [0.4, 0.5) is 5.00 Å². The molecule has 5 rings (SSSR count). The van der Waals surface area contributed by atoms with Gasteiger partial charge in [0.2, 0.25) is 0 Å². The fourth-order valence-corrected chi connectivity index (χ4v) is 5.40. The first kappa shape index (κ1) is 16.3. The third-order valence-electron chi connectivity index (χ3n) is 5.46. The Morgan fingerprint density at radius 1 is 1.15 bits per heavy atom. The number of aromatic nitrogens is 1. The molecule has 0 N–H and O–H groups in total.